The fraction of sp³-hybridized carbons (Fsp3) is 0.667. The molecule has 2 nitrogen and oxygen atoms in total. The zero-order valence-electron chi connectivity index (χ0n) is 8.17. The predicted molar refractivity (Wildman–Crippen MR) is 54.7 cm³/mol. The molecule has 0 saturated heterocycles. The van der Waals surface area contributed by atoms with E-state index in [-0.39, 0.29) is 0 Å². The van der Waals surface area contributed by atoms with Crippen molar-refractivity contribution in [2.24, 2.45) is 4.99 Å². The lowest BCUT2D eigenvalue weighted by molar-refractivity contribution is 0.355. The van der Waals surface area contributed by atoms with Crippen LogP contribution in [0.3, 0.4) is 0 Å². The molecule has 0 N–H and O–H groups in total. The topological polar surface area (TPSA) is 15.6 Å². The lowest BCUT2D eigenvalue weighted by Gasteiger charge is -2.22. The fourth-order valence-electron chi connectivity index (χ4n) is 1.43. The summed E-state index contributed by atoms with van der Waals surface area (Å²) in [5.41, 5.74) is 2.71. The summed E-state index contributed by atoms with van der Waals surface area (Å²) in [6.45, 7) is 6.24. The summed E-state index contributed by atoms with van der Waals surface area (Å²) >= 11 is 0. The first-order valence-electron chi connectivity index (χ1n) is 4.64. The number of hydrogen-bond acceptors (Lipinski definition) is 2. The average Bonchev–Trinajstić information content (AvgIpc) is 2.54. The molecule has 0 atom stereocenters. The van der Waals surface area contributed by atoms with Gasteiger partial charge in [0.1, 0.15) is 0 Å². The predicted octanol–water partition coefficient (Wildman–Crippen LogP) is 1.31. The largest absolute Gasteiger partial charge is 0.303 e. The molecule has 0 aromatic heterocycles. The molecule has 3 heteroatoms. The molecule has 0 spiro atoms. The van der Waals surface area contributed by atoms with Crippen molar-refractivity contribution in [1.29, 1.82) is 0 Å². The van der Waals surface area contributed by atoms with Crippen LogP contribution in [0.4, 0.5) is 0 Å². The van der Waals surface area contributed by atoms with Crippen LogP contribution < -0.4 is 0 Å². The van der Waals surface area contributed by atoms with E-state index in [2.05, 4.69) is 24.2 Å². The van der Waals surface area contributed by atoms with Gasteiger partial charge in [0.25, 0.3) is 0 Å². The SMILES string of the molecule is CC.CN1CCC2=C([B]C=N2)C1. The van der Waals surface area contributed by atoms with Crippen molar-refractivity contribution in [2.45, 2.75) is 20.3 Å². The number of likely N-dealkylation sites (N-methyl/N-ethyl adjacent to an activating group) is 1. The summed E-state index contributed by atoms with van der Waals surface area (Å²) in [7, 11) is 4.26. The first-order valence-corrected chi connectivity index (χ1v) is 4.64. The van der Waals surface area contributed by atoms with Crippen molar-refractivity contribution in [1.82, 2.24) is 4.90 Å². The van der Waals surface area contributed by atoms with Gasteiger partial charge in [-0.2, -0.15) is 0 Å². The van der Waals surface area contributed by atoms with Gasteiger partial charge in [-0.1, -0.05) is 19.3 Å². The maximum atomic E-state index is 4.26. The first kappa shape index (κ1) is 9.52. The Labute approximate surface area is 75.6 Å². The van der Waals surface area contributed by atoms with Gasteiger partial charge < -0.3 is 4.90 Å². The van der Waals surface area contributed by atoms with Crippen LogP contribution in [-0.2, 0) is 0 Å². The van der Waals surface area contributed by atoms with Crippen LogP contribution in [0.5, 0.6) is 0 Å². The molecule has 0 unspecified atom stereocenters. The molecule has 1 radical (unpaired) electrons. The van der Waals surface area contributed by atoms with Crippen molar-refractivity contribution in [3.8, 4) is 0 Å². The Morgan fingerprint density at radius 3 is 3.00 bits per heavy atom. The average molecular weight is 163 g/mol. The summed E-state index contributed by atoms with van der Waals surface area (Å²) < 4.78 is 0. The molecule has 12 heavy (non-hydrogen) atoms. The Hall–Kier alpha value is -0.565. The van der Waals surface area contributed by atoms with E-state index in [1.165, 1.54) is 11.2 Å². The Balaban J connectivity index is 0.000000336. The number of hydrogen-bond donors (Lipinski definition) is 0. The van der Waals surface area contributed by atoms with Crippen LogP contribution in [0.15, 0.2) is 16.2 Å². The quantitative estimate of drug-likeness (QED) is 0.491. The van der Waals surface area contributed by atoms with Crippen LogP contribution >= 0.6 is 0 Å². The second-order valence-corrected chi connectivity index (χ2v) is 2.90. The Morgan fingerprint density at radius 1 is 1.50 bits per heavy atom. The summed E-state index contributed by atoms with van der Waals surface area (Å²) in [5.74, 6) is 0. The van der Waals surface area contributed by atoms with Crippen LogP contribution in [-0.4, -0.2) is 38.4 Å². The van der Waals surface area contributed by atoms with Crippen LogP contribution in [0.2, 0.25) is 0 Å². The van der Waals surface area contributed by atoms with Gasteiger partial charge in [-0.3, -0.25) is 4.99 Å². The molecule has 0 saturated carbocycles. The minimum Gasteiger partial charge on any atom is -0.303 e. The van der Waals surface area contributed by atoms with E-state index in [1.807, 2.05) is 20.0 Å². The van der Waals surface area contributed by atoms with Gasteiger partial charge in [0.15, 0.2) is 0 Å². The van der Waals surface area contributed by atoms with E-state index < -0.39 is 0 Å². The van der Waals surface area contributed by atoms with Crippen LogP contribution in [0.1, 0.15) is 20.3 Å². The Morgan fingerprint density at radius 2 is 2.25 bits per heavy atom. The number of nitrogens with zero attached hydrogens (tertiary/aromatic N) is 2. The molecule has 2 rings (SSSR count). The highest BCUT2D eigenvalue weighted by Crippen LogP contribution is 2.19. The molecule has 65 valence electrons. The van der Waals surface area contributed by atoms with Crippen molar-refractivity contribution in [3.05, 3.63) is 11.2 Å². The van der Waals surface area contributed by atoms with Gasteiger partial charge in [-0.05, 0) is 13.2 Å². The van der Waals surface area contributed by atoms with Gasteiger partial charge in [0, 0.05) is 25.2 Å². The molecule has 2 aliphatic heterocycles. The Kier molecular flexibility index (Phi) is 3.54. The smallest absolute Gasteiger partial charge is 0.205 e. The lowest BCUT2D eigenvalue weighted by Crippen LogP contribution is -2.28. The molecule has 0 aromatic carbocycles. The molecule has 0 fully saturated rings. The molecular weight excluding hydrogens is 147 g/mol. The maximum Gasteiger partial charge on any atom is 0.205 e. The Bertz CT molecular complexity index is 209. The normalized spacial score (nSPS) is 21.2. The third-order valence-corrected chi connectivity index (χ3v) is 2.05. The highest BCUT2D eigenvalue weighted by atomic mass is 15.1. The van der Waals surface area contributed by atoms with Crippen LogP contribution in [0.25, 0.3) is 0 Å². The third kappa shape index (κ3) is 1.98. The summed E-state index contributed by atoms with van der Waals surface area (Å²) in [6.07, 6.45) is 3.03. The highest BCUT2D eigenvalue weighted by molar-refractivity contribution is 6.75. The highest BCUT2D eigenvalue weighted by Gasteiger charge is 2.18. The third-order valence-electron chi connectivity index (χ3n) is 2.05. The summed E-state index contributed by atoms with van der Waals surface area (Å²) in [4.78, 5) is 6.59. The summed E-state index contributed by atoms with van der Waals surface area (Å²) in [6, 6.07) is 0. The second kappa shape index (κ2) is 4.46. The van der Waals surface area contributed by atoms with Crippen molar-refractivity contribution in [3.63, 3.8) is 0 Å². The lowest BCUT2D eigenvalue weighted by atomic mass is 9.71. The maximum absolute atomic E-state index is 4.26. The second-order valence-electron chi connectivity index (χ2n) is 2.90. The molecule has 2 aliphatic rings. The number of aliphatic imine (C=N–C) groups is 1. The van der Waals surface area contributed by atoms with E-state index in [0.29, 0.717) is 0 Å². The zero-order chi connectivity index (χ0) is 8.97. The molecule has 0 aliphatic carbocycles. The van der Waals surface area contributed by atoms with Crippen LogP contribution in [0, 0.1) is 0 Å². The van der Waals surface area contributed by atoms with Gasteiger partial charge in [0.05, 0.1) is 0 Å². The van der Waals surface area contributed by atoms with Gasteiger partial charge >= 0.3 is 0 Å². The number of rotatable bonds is 0. The molecule has 0 amide bonds. The van der Waals surface area contributed by atoms with Gasteiger partial charge in [0.2, 0.25) is 7.28 Å². The monoisotopic (exact) mass is 163 g/mol. The van der Waals surface area contributed by atoms with Crippen molar-refractivity contribution < 1.29 is 0 Å². The van der Waals surface area contributed by atoms with Crippen molar-refractivity contribution >= 4 is 13.4 Å². The van der Waals surface area contributed by atoms with E-state index in [4.69, 9.17) is 0 Å². The van der Waals surface area contributed by atoms with Gasteiger partial charge in [-0.15, -0.1) is 0 Å². The molecular formula is C9H16BN2. The zero-order valence-corrected chi connectivity index (χ0v) is 8.17. The van der Waals surface area contributed by atoms with E-state index >= 15 is 0 Å². The van der Waals surface area contributed by atoms with E-state index in [9.17, 15) is 0 Å². The van der Waals surface area contributed by atoms with E-state index in [0.717, 1.165) is 19.5 Å². The molecule has 0 bridgehead atoms. The van der Waals surface area contributed by atoms with Crippen molar-refractivity contribution in [2.75, 3.05) is 20.1 Å². The minimum absolute atomic E-state index is 1.08. The standard InChI is InChI=1S/C7H10BN2.C2H6/c1-10-3-2-7-6(4-10)8-5-9-7;1-2/h5H,2-4H2,1H3;1-2H3. The first-order chi connectivity index (χ1) is 5.86. The molecule has 2 heterocycles. The van der Waals surface area contributed by atoms with Gasteiger partial charge in [-0.25, -0.2) is 0 Å². The minimum atomic E-state index is 1.08. The molecule has 0 aromatic rings. The van der Waals surface area contributed by atoms with E-state index in [1.54, 1.807) is 0 Å². The fourth-order valence-corrected chi connectivity index (χ4v) is 1.43. The summed E-state index contributed by atoms with van der Waals surface area (Å²) in [5, 5.41) is 0.